The second-order valence-electron chi connectivity index (χ2n) is 3.12. The third-order valence-electron chi connectivity index (χ3n) is 1.62. The van der Waals surface area contributed by atoms with Gasteiger partial charge in [-0.25, -0.2) is 0 Å². The fourth-order valence-corrected chi connectivity index (χ4v) is 1.52. The van der Waals surface area contributed by atoms with Gasteiger partial charge in [0.05, 0.1) is 0 Å². The van der Waals surface area contributed by atoms with Crippen LogP contribution in [0.15, 0.2) is 30.6 Å². The van der Waals surface area contributed by atoms with Crippen LogP contribution in [0.25, 0.3) is 0 Å². The van der Waals surface area contributed by atoms with Crippen LogP contribution in [0.4, 0.5) is 0 Å². The number of aromatic nitrogens is 1. The number of nitrogens with zero attached hydrogens (tertiary/aromatic N) is 1. The lowest BCUT2D eigenvalue weighted by molar-refractivity contribution is 0.371. The average molecular weight is 231 g/mol. The van der Waals surface area contributed by atoms with Gasteiger partial charge in [0.1, 0.15) is 0 Å². The van der Waals surface area contributed by atoms with E-state index in [1.54, 1.807) is 12.4 Å². The molecule has 0 aromatic carbocycles. The topological polar surface area (TPSA) is 70.4 Å². The molecule has 1 rings (SSSR count). The van der Waals surface area contributed by atoms with Gasteiger partial charge >= 0.3 is 7.60 Å². The van der Waals surface area contributed by atoms with Crippen molar-refractivity contribution in [1.29, 1.82) is 0 Å². The van der Waals surface area contributed by atoms with E-state index in [-0.39, 0.29) is 6.16 Å². The lowest BCUT2D eigenvalue weighted by Crippen LogP contribution is -1.86. The number of pyridine rings is 1. The van der Waals surface area contributed by atoms with Gasteiger partial charge in [0.2, 0.25) is 0 Å². The van der Waals surface area contributed by atoms with Gasteiger partial charge in [-0.2, -0.15) is 0 Å². The Morgan fingerprint density at radius 3 is 2.00 bits per heavy atom. The standard InChI is InChI=1S/C5H5N.C5H13O3P/c1-2-4-6-5-3-1;1-2-3-4-5-9(6,7)8/h1-5H;2-5H2,1H3,(H2,6,7,8). The zero-order chi connectivity index (χ0) is 11.6. The molecule has 0 amide bonds. The SMILES string of the molecule is CCCCCP(=O)(O)O.c1ccncc1. The van der Waals surface area contributed by atoms with Crippen LogP contribution >= 0.6 is 7.60 Å². The quantitative estimate of drug-likeness (QED) is 0.616. The molecule has 0 bridgehead atoms. The summed E-state index contributed by atoms with van der Waals surface area (Å²) in [5.74, 6) is 0. The van der Waals surface area contributed by atoms with Crippen LogP contribution < -0.4 is 0 Å². The summed E-state index contributed by atoms with van der Waals surface area (Å²) < 4.78 is 10.2. The largest absolute Gasteiger partial charge is 0.325 e. The number of hydrogen-bond acceptors (Lipinski definition) is 2. The molecule has 0 aliphatic heterocycles. The Morgan fingerprint density at radius 2 is 1.73 bits per heavy atom. The summed E-state index contributed by atoms with van der Waals surface area (Å²) in [5, 5.41) is 0. The van der Waals surface area contributed by atoms with Crippen molar-refractivity contribution in [3.8, 4) is 0 Å². The van der Waals surface area contributed by atoms with E-state index in [4.69, 9.17) is 9.79 Å². The Kier molecular flexibility index (Phi) is 8.19. The van der Waals surface area contributed by atoms with E-state index < -0.39 is 7.60 Å². The summed E-state index contributed by atoms with van der Waals surface area (Å²) in [6, 6.07) is 5.72. The van der Waals surface area contributed by atoms with E-state index in [0.29, 0.717) is 6.42 Å². The second kappa shape index (κ2) is 8.60. The molecule has 86 valence electrons. The van der Waals surface area contributed by atoms with Crippen molar-refractivity contribution < 1.29 is 14.4 Å². The molecule has 0 saturated carbocycles. The molecule has 1 aromatic rings. The van der Waals surface area contributed by atoms with E-state index in [1.807, 2.05) is 25.1 Å². The lowest BCUT2D eigenvalue weighted by Gasteiger charge is -2.00. The van der Waals surface area contributed by atoms with Crippen LogP contribution in [0.5, 0.6) is 0 Å². The molecular weight excluding hydrogens is 213 g/mol. The highest BCUT2D eigenvalue weighted by Gasteiger charge is 2.10. The molecule has 0 saturated heterocycles. The van der Waals surface area contributed by atoms with Gasteiger partial charge in [-0.1, -0.05) is 25.8 Å². The minimum Gasteiger partial charge on any atom is -0.324 e. The Balaban J connectivity index is 0.000000280. The first kappa shape index (κ1) is 14.3. The summed E-state index contributed by atoms with van der Waals surface area (Å²) in [5.41, 5.74) is 0. The Labute approximate surface area is 90.5 Å². The van der Waals surface area contributed by atoms with Crippen molar-refractivity contribution in [1.82, 2.24) is 4.98 Å². The van der Waals surface area contributed by atoms with Crippen molar-refractivity contribution in [3.05, 3.63) is 30.6 Å². The molecule has 0 aliphatic rings. The van der Waals surface area contributed by atoms with Gasteiger partial charge in [0.15, 0.2) is 0 Å². The highest BCUT2D eigenvalue weighted by atomic mass is 31.2. The highest BCUT2D eigenvalue weighted by molar-refractivity contribution is 7.51. The minimum atomic E-state index is -3.70. The lowest BCUT2D eigenvalue weighted by atomic mass is 10.3. The molecule has 0 atom stereocenters. The predicted molar refractivity (Wildman–Crippen MR) is 60.7 cm³/mol. The van der Waals surface area contributed by atoms with Crippen LogP contribution in [-0.2, 0) is 4.57 Å². The molecular formula is C10H18NO3P. The summed E-state index contributed by atoms with van der Waals surface area (Å²) in [6.45, 7) is 2.00. The normalized spacial score (nSPS) is 10.3. The van der Waals surface area contributed by atoms with Crippen molar-refractivity contribution in [2.75, 3.05) is 6.16 Å². The van der Waals surface area contributed by atoms with Gasteiger partial charge in [-0.3, -0.25) is 9.55 Å². The first-order valence-corrected chi connectivity index (χ1v) is 6.75. The van der Waals surface area contributed by atoms with E-state index in [1.165, 1.54) is 0 Å². The van der Waals surface area contributed by atoms with E-state index >= 15 is 0 Å². The molecule has 1 aromatic heterocycles. The fraction of sp³-hybridized carbons (Fsp3) is 0.500. The molecule has 15 heavy (non-hydrogen) atoms. The average Bonchev–Trinajstić information content (AvgIpc) is 2.20. The first-order valence-electron chi connectivity index (χ1n) is 4.96. The predicted octanol–water partition coefficient (Wildman–Crippen LogP) is 2.44. The van der Waals surface area contributed by atoms with E-state index in [9.17, 15) is 4.57 Å². The van der Waals surface area contributed by atoms with Crippen LogP contribution in [0.2, 0.25) is 0 Å². The van der Waals surface area contributed by atoms with E-state index in [0.717, 1.165) is 12.8 Å². The molecule has 2 N–H and O–H groups in total. The molecule has 4 nitrogen and oxygen atoms in total. The number of rotatable bonds is 4. The summed E-state index contributed by atoms with van der Waals surface area (Å²) in [7, 11) is -3.70. The zero-order valence-electron chi connectivity index (χ0n) is 8.91. The molecule has 0 spiro atoms. The van der Waals surface area contributed by atoms with Gasteiger partial charge in [0.25, 0.3) is 0 Å². The highest BCUT2D eigenvalue weighted by Crippen LogP contribution is 2.35. The second-order valence-corrected chi connectivity index (χ2v) is 4.90. The molecule has 5 heteroatoms. The smallest absolute Gasteiger partial charge is 0.324 e. The number of unbranched alkanes of at least 4 members (excludes halogenated alkanes) is 2. The summed E-state index contributed by atoms with van der Waals surface area (Å²) in [4.78, 5) is 20.5. The van der Waals surface area contributed by atoms with Crippen molar-refractivity contribution >= 4 is 7.60 Å². The van der Waals surface area contributed by atoms with E-state index in [2.05, 4.69) is 4.98 Å². The van der Waals surface area contributed by atoms with Crippen molar-refractivity contribution in [2.45, 2.75) is 26.2 Å². The summed E-state index contributed by atoms with van der Waals surface area (Å²) >= 11 is 0. The maximum atomic E-state index is 10.2. The fourth-order valence-electron chi connectivity index (χ4n) is 0.880. The van der Waals surface area contributed by atoms with Crippen LogP contribution in [0.3, 0.4) is 0 Å². The van der Waals surface area contributed by atoms with Crippen LogP contribution in [0.1, 0.15) is 26.2 Å². The van der Waals surface area contributed by atoms with Gasteiger partial charge in [-0.15, -0.1) is 0 Å². The monoisotopic (exact) mass is 231 g/mol. The van der Waals surface area contributed by atoms with Crippen LogP contribution in [-0.4, -0.2) is 20.9 Å². The van der Waals surface area contributed by atoms with Crippen molar-refractivity contribution in [2.24, 2.45) is 0 Å². The summed E-state index contributed by atoms with van der Waals surface area (Å²) in [6.07, 6.45) is 6.09. The molecule has 0 unspecified atom stereocenters. The zero-order valence-corrected chi connectivity index (χ0v) is 9.81. The molecule has 0 radical (unpaired) electrons. The Morgan fingerprint density at radius 1 is 1.13 bits per heavy atom. The Bertz CT molecular complexity index is 247. The number of hydrogen-bond donors (Lipinski definition) is 2. The molecule has 0 fully saturated rings. The third kappa shape index (κ3) is 13.3. The minimum absolute atomic E-state index is 0.0425. The molecule has 1 heterocycles. The third-order valence-corrected chi connectivity index (χ3v) is 2.52. The van der Waals surface area contributed by atoms with Gasteiger partial charge < -0.3 is 9.79 Å². The van der Waals surface area contributed by atoms with Crippen LogP contribution in [0, 0.1) is 0 Å². The maximum Gasteiger partial charge on any atom is 0.325 e. The molecule has 0 aliphatic carbocycles. The maximum absolute atomic E-state index is 10.2. The van der Waals surface area contributed by atoms with Gasteiger partial charge in [0, 0.05) is 18.6 Å². The van der Waals surface area contributed by atoms with Crippen molar-refractivity contribution in [3.63, 3.8) is 0 Å². The van der Waals surface area contributed by atoms with Gasteiger partial charge in [-0.05, 0) is 18.6 Å². The first-order chi connectivity index (χ1) is 7.06. The Hall–Kier alpha value is -0.700.